The van der Waals surface area contributed by atoms with E-state index >= 15 is 0 Å². The lowest BCUT2D eigenvalue weighted by molar-refractivity contribution is 0.0981. The van der Waals surface area contributed by atoms with Gasteiger partial charge in [0, 0.05) is 18.1 Å². The topological polar surface area (TPSA) is 29.3 Å². The number of rotatable bonds is 1. The predicted molar refractivity (Wildman–Crippen MR) is 64.8 cm³/mol. The fourth-order valence-electron chi connectivity index (χ4n) is 3.45. The summed E-state index contributed by atoms with van der Waals surface area (Å²) in [6.45, 7) is 8.44. The summed E-state index contributed by atoms with van der Waals surface area (Å²) in [5.41, 5.74) is 6.45. The Kier molecular flexibility index (Phi) is 3.09. The number of nitrogens with two attached hydrogens (primary N) is 1. The van der Waals surface area contributed by atoms with Gasteiger partial charge in [-0.25, -0.2) is 0 Å². The highest BCUT2D eigenvalue weighted by Crippen LogP contribution is 2.37. The Morgan fingerprint density at radius 1 is 1.13 bits per heavy atom. The third-order valence-electron chi connectivity index (χ3n) is 4.21. The van der Waals surface area contributed by atoms with Gasteiger partial charge in [-0.05, 0) is 44.1 Å². The van der Waals surface area contributed by atoms with Gasteiger partial charge in [-0.3, -0.25) is 4.90 Å². The molecule has 0 aromatic heterocycles. The van der Waals surface area contributed by atoms with E-state index in [9.17, 15) is 0 Å². The SMILES string of the molecule is CC(C)(C)C1CCCN1C1CCC(N)C1. The fourth-order valence-corrected chi connectivity index (χ4v) is 3.45. The minimum Gasteiger partial charge on any atom is -0.328 e. The molecule has 88 valence electrons. The van der Waals surface area contributed by atoms with Gasteiger partial charge in [-0.15, -0.1) is 0 Å². The molecule has 1 saturated carbocycles. The maximum Gasteiger partial charge on any atom is 0.0147 e. The van der Waals surface area contributed by atoms with Gasteiger partial charge in [0.15, 0.2) is 0 Å². The van der Waals surface area contributed by atoms with E-state index in [-0.39, 0.29) is 0 Å². The van der Waals surface area contributed by atoms with E-state index in [1.54, 1.807) is 0 Å². The molecule has 2 fully saturated rings. The molecule has 2 aliphatic rings. The summed E-state index contributed by atoms with van der Waals surface area (Å²) in [5.74, 6) is 0. The van der Waals surface area contributed by atoms with Gasteiger partial charge < -0.3 is 5.73 Å². The second kappa shape index (κ2) is 4.06. The molecule has 0 spiro atoms. The van der Waals surface area contributed by atoms with Crippen molar-refractivity contribution in [3.63, 3.8) is 0 Å². The molecule has 1 aliphatic heterocycles. The molecule has 3 atom stereocenters. The molecule has 1 saturated heterocycles. The lowest BCUT2D eigenvalue weighted by Gasteiger charge is -2.38. The van der Waals surface area contributed by atoms with Crippen LogP contribution in [0.15, 0.2) is 0 Å². The lowest BCUT2D eigenvalue weighted by Crippen LogP contribution is -2.44. The molecule has 3 unspecified atom stereocenters. The van der Waals surface area contributed by atoms with Crippen molar-refractivity contribution in [1.82, 2.24) is 4.90 Å². The van der Waals surface area contributed by atoms with E-state index in [4.69, 9.17) is 5.73 Å². The van der Waals surface area contributed by atoms with Crippen molar-refractivity contribution in [1.29, 1.82) is 0 Å². The summed E-state index contributed by atoms with van der Waals surface area (Å²) >= 11 is 0. The molecule has 0 aromatic rings. The molecule has 1 aliphatic carbocycles. The summed E-state index contributed by atoms with van der Waals surface area (Å²) < 4.78 is 0. The zero-order valence-electron chi connectivity index (χ0n) is 10.5. The molecule has 15 heavy (non-hydrogen) atoms. The molecule has 2 nitrogen and oxygen atoms in total. The van der Waals surface area contributed by atoms with Crippen molar-refractivity contribution in [2.24, 2.45) is 11.1 Å². The van der Waals surface area contributed by atoms with Crippen LogP contribution in [0.4, 0.5) is 0 Å². The Morgan fingerprint density at radius 3 is 2.40 bits per heavy atom. The van der Waals surface area contributed by atoms with E-state index < -0.39 is 0 Å². The first kappa shape index (κ1) is 11.4. The van der Waals surface area contributed by atoms with Crippen LogP contribution in [0.2, 0.25) is 0 Å². The van der Waals surface area contributed by atoms with Gasteiger partial charge in [-0.1, -0.05) is 20.8 Å². The maximum atomic E-state index is 6.02. The molecular formula is C13H26N2. The number of hydrogen-bond donors (Lipinski definition) is 1. The molecule has 1 heterocycles. The Morgan fingerprint density at radius 2 is 1.87 bits per heavy atom. The normalized spacial score (nSPS) is 38.8. The predicted octanol–water partition coefficient (Wildman–Crippen LogP) is 2.38. The first-order chi connectivity index (χ1) is 6.98. The zero-order valence-corrected chi connectivity index (χ0v) is 10.5. The molecule has 0 bridgehead atoms. The van der Waals surface area contributed by atoms with Gasteiger partial charge in [0.05, 0.1) is 0 Å². The first-order valence-electron chi connectivity index (χ1n) is 6.50. The van der Waals surface area contributed by atoms with Crippen molar-refractivity contribution >= 4 is 0 Å². The highest BCUT2D eigenvalue weighted by Gasteiger charge is 2.39. The van der Waals surface area contributed by atoms with Crippen LogP contribution in [0, 0.1) is 5.41 Å². The fraction of sp³-hybridized carbons (Fsp3) is 1.00. The van der Waals surface area contributed by atoms with E-state index in [2.05, 4.69) is 25.7 Å². The Balaban J connectivity index is 2.02. The Labute approximate surface area is 94.2 Å². The minimum absolute atomic E-state index is 0.434. The summed E-state index contributed by atoms with van der Waals surface area (Å²) in [5, 5.41) is 0. The second-order valence-corrected chi connectivity index (χ2v) is 6.49. The van der Waals surface area contributed by atoms with Crippen LogP contribution in [0.1, 0.15) is 52.9 Å². The Hall–Kier alpha value is -0.0800. The molecule has 2 N–H and O–H groups in total. The first-order valence-corrected chi connectivity index (χ1v) is 6.50. The third kappa shape index (κ3) is 2.36. The van der Waals surface area contributed by atoms with Crippen LogP contribution >= 0.6 is 0 Å². The van der Waals surface area contributed by atoms with Crippen LogP contribution in [-0.2, 0) is 0 Å². The summed E-state index contributed by atoms with van der Waals surface area (Å²) in [6, 6.07) is 2.04. The second-order valence-electron chi connectivity index (χ2n) is 6.49. The lowest BCUT2D eigenvalue weighted by atomic mass is 9.84. The highest BCUT2D eigenvalue weighted by atomic mass is 15.2. The number of hydrogen-bond acceptors (Lipinski definition) is 2. The van der Waals surface area contributed by atoms with E-state index in [1.165, 1.54) is 38.6 Å². The summed E-state index contributed by atoms with van der Waals surface area (Å²) in [7, 11) is 0. The molecule has 0 radical (unpaired) electrons. The third-order valence-corrected chi connectivity index (χ3v) is 4.21. The van der Waals surface area contributed by atoms with Crippen molar-refractivity contribution in [3.05, 3.63) is 0 Å². The van der Waals surface area contributed by atoms with E-state index in [0.717, 1.165) is 12.1 Å². The van der Waals surface area contributed by atoms with Crippen LogP contribution in [0.5, 0.6) is 0 Å². The number of likely N-dealkylation sites (tertiary alicyclic amines) is 1. The number of nitrogens with zero attached hydrogens (tertiary/aromatic N) is 1. The standard InChI is InChI=1S/C13H26N2/c1-13(2,3)12-5-4-8-15(12)11-7-6-10(14)9-11/h10-12H,4-9,14H2,1-3H3. The monoisotopic (exact) mass is 210 g/mol. The average Bonchev–Trinajstić information content (AvgIpc) is 2.68. The van der Waals surface area contributed by atoms with Crippen molar-refractivity contribution < 1.29 is 0 Å². The smallest absolute Gasteiger partial charge is 0.0147 e. The summed E-state index contributed by atoms with van der Waals surface area (Å²) in [6.07, 6.45) is 6.56. The average molecular weight is 210 g/mol. The molecule has 0 aromatic carbocycles. The van der Waals surface area contributed by atoms with Gasteiger partial charge >= 0.3 is 0 Å². The minimum atomic E-state index is 0.434. The van der Waals surface area contributed by atoms with Gasteiger partial charge in [0.1, 0.15) is 0 Å². The molecule has 2 heteroatoms. The van der Waals surface area contributed by atoms with E-state index in [1.807, 2.05) is 0 Å². The zero-order chi connectivity index (χ0) is 11.1. The molecule has 0 amide bonds. The molecular weight excluding hydrogens is 184 g/mol. The van der Waals surface area contributed by atoms with Crippen molar-refractivity contribution in [3.8, 4) is 0 Å². The van der Waals surface area contributed by atoms with Gasteiger partial charge in [0.2, 0.25) is 0 Å². The van der Waals surface area contributed by atoms with E-state index in [0.29, 0.717) is 11.5 Å². The highest BCUT2D eigenvalue weighted by molar-refractivity contribution is 4.95. The van der Waals surface area contributed by atoms with Crippen LogP contribution in [-0.4, -0.2) is 29.6 Å². The molecule has 2 rings (SSSR count). The van der Waals surface area contributed by atoms with Crippen LogP contribution < -0.4 is 5.73 Å². The quantitative estimate of drug-likeness (QED) is 0.720. The maximum absolute atomic E-state index is 6.02. The van der Waals surface area contributed by atoms with Crippen LogP contribution in [0.25, 0.3) is 0 Å². The van der Waals surface area contributed by atoms with Crippen molar-refractivity contribution in [2.45, 2.75) is 71.0 Å². The van der Waals surface area contributed by atoms with Gasteiger partial charge in [-0.2, -0.15) is 0 Å². The Bertz CT molecular complexity index is 219. The summed E-state index contributed by atoms with van der Waals surface area (Å²) in [4.78, 5) is 2.76. The largest absolute Gasteiger partial charge is 0.328 e. The van der Waals surface area contributed by atoms with Crippen LogP contribution in [0.3, 0.4) is 0 Å². The van der Waals surface area contributed by atoms with Gasteiger partial charge in [0.25, 0.3) is 0 Å². The van der Waals surface area contributed by atoms with Crippen molar-refractivity contribution in [2.75, 3.05) is 6.54 Å².